The average Bonchev–Trinajstić information content (AvgIpc) is 2.91. The molecule has 0 spiro atoms. The Morgan fingerprint density at radius 3 is 2.43 bits per heavy atom. The van der Waals surface area contributed by atoms with Crippen LogP contribution in [-0.2, 0) is 14.4 Å². The molecule has 0 radical (unpaired) electrons. The van der Waals surface area contributed by atoms with Gasteiger partial charge in [-0.2, -0.15) is 0 Å². The predicted molar refractivity (Wildman–Crippen MR) is 87.5 cm³/mol. The van der Waals surface area contributed by atoms with Crippen LogP contribution in [0, 0.1) is 5.41 Å². The molecule has 0 heterocycles. The summed E-state index contributed by atoms with van der Waals surface area (Å²) in [6.45, 7) is 1.36. The highest BCUT2D eigenvalue weighted by atomic mass is 35.5. The Labute approximate surface area is 139 Å². The fraction of sp³-hybridized carbons (Fsp3) is 0.438. The Morgan fingerprint density at radius 1 is 1.22 bits per heavy atom. The highest BCUT2D eigenvalue weighted by Gasteiger charge is 2.42. The smallest absolute Gasteiger partial charge is 0.310 e. The largest absolute Gasteiger partial charge is 0.481 e. The van der Waals surface area contributed by atoms with Crippen molar-refractivity contribution >= 4 is 40.8 Å². The molecule has 2 amide bonds. The number of aliphatic carboxylic acids is 1. The quantitative estimate of drug-likeness (QED) is 0.767. The molecular formula is C16H19ClN2O4. The number of benzene rings is 1. The van der Waals surface area contributed by atoms with Gasteiger partial charge in [0.2, 0.25) is 11.8 Å². The second-order valence-electron chi connectivity index (χ2n) is 5.89. The molecule has 6 nitrogen and oxygen atoms in total. The van der Waals surface area contributed by atoms with E-state index in [1.54, 1.807) is 18.2 Å². The molecule has 124 valence electrons. The van der Waals surface area contributed by atoms with E-state index in [0.29, 0.717) is 29.2 Å². The van der Waals surface area contributed by atoms with Crippen molar-refractivity contribution in [3.05, 3.63) is 23.2 Å². The van der Waals surface area contributed by atoms with Gasteiger partial charge in [0.25, 0.3) is 0 Å². The molecule has 2 rings (SSSR count). The third-order valence-electron chi connectivity index (χ3n) is 4.07. The highest BCUT2D eigenvalue weighted by Crippen LogP contribution is 2.41. The number of hydrogen-bond acceptors (Lipinski definition) is 3. The van der Waals surface area contributed by atoms with Crippen LogP contribution in [0.15, 0.2) is 18.2 Å². The Hall–Kier alpha value is -2.08. The monoisotopic (exact) mass is 338 g/mol. The minimum atomic E-state index is -0.961. The van der Waals surface area contributed by atoms with Crippen molar-refractivity contribution in [1.82, 2.24) is 0 Å². The normalized spacial score (nSPS) is 15.9. The zero-order valence-corrected chi connectivity index (χ0v) is 13.6. The molecule has 0 atom stereocenters. The fourth-order valence-corrected chi connectivity index (χ4v) is 3.08. The lowest BCUT2D eigenvalue weighted by Crippen LogP contribution is -2.32. The number of halogens is 1. The summed E-state index contributed by atoms with van der Waals surface area (Å²) in [4.78, 5) is 34.8. The van der Waals surface area contributed by atoms with Crippen molar-refractivity contribution in [2.24, 2.45) is 5.41 Å². The van der Waals surface area contributed by atoms with Crippen molar-refractivity contribution in [3.63, 3.8) is 0 Å². The summed E-state index contributed by atoms with van der Waals surface area (Å²) < 4.78 is 0. The molecule has 1 fully saturated rings. The summed E-state index contributed by atoms with van der Waals surface area (Å²) in [5.74, 6) is -1.54. The summed E-state index contributed by atoms with van der Waals surface area (Å²) in [7, 11) is 0. The third kappa shape index (κ3) is 4.22. The molecule has 1 aliphatic carbocycles. The number of carbonyl (C=O) groups is 3. The Morgan fingerprint density at radius 2 is 1.87 bits per heavy atom. The molecule has 0 bridgehead atoms. The van der Waals surface area contributed by atoms with Crippen molar-refractivity contribution in [2.45, 2.75) is 39.0 Å². The third-order valence-corrected chi connectivity index (χ3v) is 4.40. The van der Waals surface area contributed by atoms with Gasteiger partial charge < -0.3 is 15.7 Å². The molecule has 0 aliphatic heterocycles. The minimum Gasteiger partial charge on any atom is -0.481 e. The van der Waals surface area contributed by atoms with Gasteiger partial charge in [-0.25, -0.2) is 0 Å². The molecule has 1 aromatic carbocycles. The van der Waals surface area contributed by atoms with Crippen molar-refractivity contribution < 1.29 is 19.5 Å². The summed E-state index contributed by atoms with van der Waals surface area (Å²) in [5.41, 5.74) is -0.107. The van der Waals surface area contributed by atoms with Gasteiger partial charge in [0.1, 0.15) is 0 Å². The lowest BCUT2D eigenvalue weighted by Gasteiger charge is -2.23. The van der Waals surface area contributed by atoms with Crippen LogP contribution in [0.25, 0.3) is 0 Å². The Bertz CT molecular complexity index is 639. The van der Waals surface area contributed by atoms with Gasteiger partial charge >= 0.3 is 5.97 Å². The van der Waals surface area contributed by atoms with E-state index in [1.807, 2.05) is 0 Å². The van der Waals surface area contributed by atoms with Crippen LogP contribution in [0.4, 0.5) is 11.4 Å². The van der Waals surface area contributed by atoms with Crippen LogP contribution in [0.2, 0.25) is 5.02 Å². The Balaban J connectivity index is 2.08. The van der Waals surface area contributed by atoms with E-state index in [1.165, 1.54) is 6.92 Å². The topological polar surface area (TPSA) is 95.5 Å². The van der Waals surface area contributed by atoms with E-state index < -0.39 is 11.4 Å². The lowest BCUT2D eigenvalue weighted by atomic mass is 9.82. The highest BCUT2D eigenvalue weighted by molar-refractivity contribution is 6.33. The molecule has 0 aromatic heterocycles. The SMILES string of the molecule is CC(=O)Nc1cc(NC(=O)CC2(C(=O)O)CCCC2)ccc1Cl. The first-order valence-electron chi connectivity index (χ1n) is 7.43. The molecule has 0 unspecified atom stereocenters. The number of carbonyl (C=O) groups excluding carboxylic acids is 2. The maximum atomic E-state index is 12.2. The Kier molecular flexibility index (Phi) is 5.26. The second-order valence-corrected chi connectivity index (χ2v) is 6.30. The van der Waals surface area contributed by atoms with Gasteiger partial charge in [-0.1, -0.05) is 24.4 Å². The van der Waals surface area contributed by atoms with Gasteiger partial charge in [-0.05, 0) is 31.0 Å². The van der Waals surface area contributed by atoms with Crippen molar-refractivity contribution in [3.8, 4) is 0 Å². The van der Waals surface area contributed by atoms with Crippen molar-refractivity contribution in [2.75, 3.05) is 10.6 Å². The fourth-order valence-electron chi connectivity index (χ4n) is 2.92. The molecule has 1 saturated carbocycles. The van der Waals surface area contributed by atoms with E-state index in [9.17, 15) is 19.5 Å². The number of carboxylic acid groups (broad SMARTS) is 1. The molecule has 0 saturated heterocycles. The van der Waals surface area contributed by atoms with E-state index in [-0.39, 0.29) is 18.2 Å². The number of hydrogen-bond donors (Lipinski definition) is 3. The summed E-state index contributed by atoms with van der Waals surface area (Å²) in [5, 5.41) is 15.0. The average molecular weight is 339 g/mol. The number of nitrogens with one attached hydrogen (secondary N) is 2. The van der Waals surface area contributed by atoms with E-state index >= 15 is 0 Å². The maximum absolute atomic E-state index is 12.2. The number of anilines is 2. The first-order valence-corrected chi connectivity index (χ1v) is 7.81. The van der Waals surface area contributed by atoms with Crippen LogP contribution in [0.3, 0.4) is 0 Å². The van der Waals surface area contributed by atoms with E-state index in [0.717, 1.165) is 12.8 Å². The first-order chi connectivity index (χ1) is 10.8. The molecule has 1 aliphatic rings. The zero-order valence-electron chi connectivity index (χ0n) is 12.8. The van der Waals surface area contributed by atoms with Crippen LogP contribution < -0.4 is 10.6 Å². The van der Waals surface area contributed by atoms with Crippen LogP contribution in [-0.4, -0.2) is 22.9 Å². The first kappa shape index (κ1) is 17.3. The van der Waals surface area contributed by atoms with E-state index in [4.69, 9.17) is 11.6 Å². The van der Waals surface area contributed by atoms with Gasteiger partial charge in [0, 0.05) is 19.0 Å². The van der Waals surface area contributed by atoms with Gasteiger partial charge in [0.15, 0.2) is 0 Å². The molecule has 7 heteroatoms. The minimum absolute atomic E-state index is 0.0551. The summed E-state index contributed by atoms with van der Waals surface area (Å²) in [6.07, 6.45) is 2.64. The molecular weight excluding hydrogens is 320 g/mol. The number of amides is 2. The van der Waals surface area contributed by atoms with Gasteiger partial charge in [-0.15, -0.1) is 0 Å². The van der Waals surface area contributed by atoms with Gasteiger partial charge in [0.05, 0.1) is 16.1 Å². The predicted octanol–water partition coefficient (Wildman–Crippen LogP) is 3.27. The molecule has 1 aromatic rings. The molecule has 3 N–H and O–H groups in total. The standard InChI is InChI=1S/C16H19ClN2O4/c1-10(20)18-13-8-11(4-5-12(13)17)19-14(21)9-16(15(22)23)6-2-3-7-16/h4-5,8H,2-3,6-7,9H2,1H3,(H,18,20)(H,19,21)(H,22,23). The van der Waals surface area contributed by atoms with Crippen LogP contribution >= 0.6 is 11.6 Å². The van der Waals surface area contributed by atoms with Crippen molar-refractivity contribution in [1.29, 1.82) is 0 Å². The number of carboxylic acids is 1. The van der Waals surface area contributed by atoms with Crippen LogP contribution in [0.1, 0.15) is 39.0 Å². The van der Waals surface area contributed by atoms with Gasteiger partial charge in [-0.3, -0.25) is 14.4 Å². The van der Waals surface area contributed by atoms with E-state index in [2.05, 4.69) is 10.6 Å². The number of rotatable bonds is 5. The zero-order chi connectivity index (χ0) is 17.0. The molecule has 23 heavy (non-hydrogen) atoms. The summed E-state index contributed by atoms with van der Waals surface area (Å²) >= 11 is 5.97. The second kappa shape index (κ2) is 7.00. The lowest BCUT2D eigenvalue weighted by molar-refractivity contribution is -0.150. The van der Waals surface area contributed by atoms with Crippen LogP contribution in [0.5, 0.6) is 0 Å². The summed E-state index contributed by atoms with van der Waals surface area (Å²) in [6, 6.07) is 4.71. The maximum Gasteiger partial charge on any atom is 0.310 e.